The third kappa shape index (κ3) is 3.43. The quantitative estimate of drug-likeness (QED) is 0.547. The Kier molecular flexibility index (Phi) is 5.02. The van der Waals surface area contributed by atoms with Crippen LogP contribution in [0.4, 0.5) is 4.39 Å². The average Bonchev–Trinajstić information content (AvgIpc) is 3.53. The van der Waals surface area contributed by atoms with Crippen molar-refractivity contribution < 1.29 is 9.13 Å². The van der Waals surface area contributed by atoms with Crippen LogP contribution in [0.15, 0.2) is 42.6 Å². The molecule has 2 aromatic heterocycles. The Labute approximate surface area is 188 Å². The van der Waals surface area contributed by atoms with Crippen LogP contribution < -0.4 is 4.74 Å². The molecule has 1 aliphatic heterocycles. The van der Waals surface area contributed by atoms with Gasteiger partial charge < -0.3 is 9.72 Å². The summed E-state index contributed by atoms with van der Waals surface area (Å²) in [7, 11) is 1.62. The van der Waals surface area contributed by atoms with E-state index in [4.69, 9.17) is 4.74 Å². The molecule has 5 heteroatoms. The van der Waals surface area contributed by atoms with Crippen molar-refractivity contribution >= 4 is 16.6 Å². The van der Waals surface area contributed by atoms with E-state index in [1.54, 1.807) is 19.4 Å². The number of rotatable bonds is 4. The van der Waals surface area contributed by atoms with Crippen LogP contribution in [-0.2, 0) is 0 Å². The van der Waals surface area contributed by atoms with Gasteiger partial charge in [0.05, 0.1) is 7.11 Å². The van der Waals surface area contributed by atoms with Gasteiger partial charge in [-0.25, -0.2) is 9.37 Å². The minimum Gasteiger partial charge on any atom is -0.496 e. The second-order valence-electron chi connectivity index (χ2n) is 9.70. The number of methoxy groups -OCH3 is 1. The Balaban J connectivity index is 1.27. The summed E-state index contributed by atoms with van der Waals surface area (Å²) in [5, 5.41) is 0.998. The number of fused-ring (bicyclic) bond motifs is 2. The number of pyridine rings is 1. The van der Waals surface area contributed by atoms with Gasteiger partial charge in [0.1, 0.15) is 17.2 Å². The predicted molar refractivity (Wildman–Crippen MR) is 126 cm³/mol. The molecule has 166 valence electrons. The van der Waals surface area contributed by atoms with Gasteiger partial charge in [-0.2, -0.15) is 0 Å². The first-order valence-electron chi connectivity index (χ1n) is 11.9. The minimum atomic E-state index is -0.271. The van der Waals surface area contributed by atoms with Crippen LogP contribution in [0.1, 0.15) is 44.2 Å². The molecule has 2 aliphatic carbocycles. The van der Waals surface area contributed by atoms with E-state index in [9.17, 15) is 4.39 Å². The van der Waals surface area contributed by atoms with Gasteiger partial charge in [-0.1, -0.05) is 25.3 Å². The summed E-state index contributed by atoms with van der Waals surface area (Å²) in [5.74, 6) is 2.37. The molecule has 32 heavy (non-hydrogen) atoms. The molecule has 0 bridgehead atoms. The summed E-state index contributed by atoms with van der Waals surface area (Å²) in [6.07, 6.45) is 12.4. The van der Waals surface area contributed by atoms with Gasteiger partial charge in [0, 0.05) is 42.0 Å². The smallest absolute Gasteiger partial charge is 0.138 e. The van der Waals surface area contributed by atoms with Crippen LogP contribution in [0, 0.1) is 17.7 Å². The molecule has 0 spiro atoms. The first kappa shape index (κ1) is 20.0. The van der Waals surface area contributed by atoms with E-state index < -0.39 is 0 Å². The van der Waals surface area contributed by atoms with E-state index in [2.05, 4.69) is 27.0 Å². The normalized spacial score (nSPS) is 25.8. The topological polar surface area (TPSA) is 41.1 Å². The summed E-state index contributed by atoms with van der Waals surface area (Å²) in [5.41, 5.74) is 4.99. The van der Waals surface area contributed by atoms with Crippen LogP contribution in [0.2, 0.25) is 0 Å². The first-order chi connectivity index (χ1) is 15.7. The predicted octanol–water partition coefficient (Wildman–Crippen LogP) is 6.05. The third-order valence-electron chi connectivity index (χ3n) is 8.05. The Bertz CT molecular complexity index is 1170. The van der Waals surface area contributed by atoms with Crippen LogP contribution in [0.5, 0.6) is 5.75 Å². The van der Waals surface area contributed by atoms with E-state index in [1.165, 1.54) is 49.8 Å². The number of aromatic amines is 1. The SMILES string of the molecule is COc1ccc(F)cc1-c1ccnc2[nH]c(C3=CCN(C4C[C@H]5CCC[C@H]5C4)CC3)cc12. The minimum absolute atomic E-state index is 0.271. The van der Waals surface area contributed by atoms with Gasteiger partial charge in [0.2, 0.25) is 0 Å². The number of halogens is 1. The van der Waals surface area contributed by atoms with Gasteiger partial charge in [-0.15, -0.1) is 0 Å². The summed E-state index contributed by atoms with van der Waals surface area (Å²) >= 11 is 0. The summed E-state index contributed by atoms with van der Waals surface area (Å²) in [6.45, 7) is 2.16. The number of nitrogens with one attached hydrogen (secondary N) is 1. The van der Waals surface area contributed by atoms with Crippen molar-refractivity contribution in [3.8, 4) is 16.9 Å². The lowest BCUT2D eigenvalue weighted by Crippen LogP contribution is -2.37. The van der Waals surface area contributed by atoms with Crippen LogP contribution in [0.25, 0.3) is 27.7 Å². The fourth-order valence-corrected chi connectivity index (χ4v) is 6.41. The second-order valence-corrected chi connectivity index (χ2v) is 9.70. The molecule has 1 aromatic carbocycles. The highest BCUT2D eigenvalue weighted by Gasteiger charge is 2.39. The van der Waals surface area contributed by atoms with Crippen molar-refractivity contribution in [3.05, 3.63) is 54.1 Å². The monoisotopic (exact) mass is 431 g/mol. The van der Waals surface area contributed by atoms with Crippen molar-refractivity contribution in [3.63, 3.8) is 0 Å². The molecule has 6 rings (SSSR count). The molecule has 3 aromatic rings. The van der Waals surface area contributed by atoms with Crippen molar-refractivity contribution in [2.24, 2.45) is 11.8 Å². The number of H-pyrrole nitrogens is 1. The second kappa shape index (κ2) is 8.04. The van der Waals surface area contributed by atoms with E-state index in [-0.39, 0.29) is 5.82 Å². The molecule has 0 amide bonds. The van der Waals surface area contributed by atoms with Crippen LogP contribution in [-0.4, -0.2) is 41.1 Å². The number of aromatic nitrogens is 2. The maximum absolute atomic E-state index is 14.0. The number of ether oxygens (including phenoxy) is 1. The maximum atomic E-state index is 14.0. The molecular weight excluding hydrogens is 401 g/mol. The molecule has 3 heterocycles. The number of hydrogen-bond acceptors (Lipinski definition) is 3. The van der Waals surface area contributed by atoms with Crippen molar-refractivity contribution in [2.75, 3.05) is 20.2 Å². The molecule has 3 atom stereocenters. The van der Waals surface area contributed by atoms with Crippen LogP contribution >= 0.6 is 0 Å². The lowest BCUT2D eigenvalue weighted by Gasteiger charge is -2.32. The van der Waals surface area contributed by atoms with E-state index in [0.29, 0.717) is 5.75 Å². The zero-order valence-corrected chi connectivity index (χ0v) is 18.6. The van der Waals surface area contributed by atoms with Crippen molar-refractivity contribution in [2.45, 2.75) is 44.6 Å². The molecule has 0 radical (unpaired) electrons. The Hall–Kier alpha value is -2.66. The summed E-state index contributed by atoms with van der Waals surface area (Å²) in [4.78, 5) is 10.8. The van der Waals surface area contributed by atoms with E-state index in [0.717, 1.165) is 65.2 Å². The standard InChI is InChI=1S/C27H30FN3O/c1-32-26-6-5-20(28)15-23(26)22-7-10-29-27-24(22)16-25(30-27)17-8-11-31(12-9-17)21-13-18-3-2-4-19(18)14-21/h5-8,10,15-16,18-19,21H,2-4,9,11-14H2,1H3,(H,29,30)/t18-,19+,21?. The molecule has 2 fully saturated rings. The Morgan fingerprint density at radius 3 is 2.69 bits per heavy atom. The highest BCUT2D eigenvalue weighted by Crippen LogP contribution is 2.46. The molecule has 1 unspecified atom stereocenters. The largest absolute Gasteiger partial charge is 0.496 e. The molecule has 4 nitrogen and oxygen atoms in total. The Morgan fingerprint density at radius 2 is 1.94 bits per heavy atom. The van der Waals surface area contributed by atoms with Crippen molar-refractivity contribution in [1.82, 2.24) is 14.9 Å². The molecule has 1 N–H and O–H groups in total. The van der Waals surface area contributed by atoms with Gasteiger partial charge in [-0.05, 0) is 72.6 Å². The number of benzene rings is 1. The maximum Gasteiger partial charge on any atom is 0.138 e. The van der Waals surface area contributed by atoms with E-state index >= 15 is 0 Å². The lowest BCUT2D eigenvalue weighted by atomic mass is 10.00. The van der Waals surface area contributed by atoms with Gasteiger partial charge >= 0.3 is 0 Å². The molecule has 3 aliphatic rings. The summed E-state index contributed by atoms with van der Waals surface area (Å²) in [6, 6.07) is 9.53. The molecule has 0 saturated heterocycles. The number of hydrogen-bond donors (Lipinski definition) is 1. The average molecular weight is 432 g/mol. The fourth-order valence-electron chi connectivity index (χ4n) is 6.41. The van der Waals surface area contributed by atoms with Crippen molar-refractivity contribution in [1.29, 1.82) is 0 Å². The zero-order chi connectivity index (χ0) is 21.7. The molecular formula is C27H30FN3O. The van der Waals surface area contributed by atoms with Gasteiger partial charge in [0.25, 0.3) is 0 Å². The Morgan fingerprint density at radius 1 is 1.09 bits per heavy atom. The zero-order valence-electron chi connectivity index (χ0n) is 18.6. The van der Waals surface area contributed by atoms with Crippen LogP contribution in [0.3, 0.4) is 0 Å². The first-order valence-corrected chi connectivity index (χ1v) is 11.9. The van der Waals surface area contributed by atoms with Gasteiger partial charge in [-0.3, -0.25) is 4.90 Å². The fraction of sp³-hybridized carbons (Fsp3) is 0.444. The lowest BCUT2D eigenvalue weighted by molar-refractivity contribution is 0.209. The third-order valence-corrected chi connectivity index (χ3v) is 8.05. The number of nitrogens with zero attached hydrogens (tertiary/aromatic N) is 2. The highest BCUT2D eigenvalue weighted by atomic mass is 19.1. The highest BCUT2D eigenvalue weighted by molar-refractivity contribution is 5.96. The van der Waals surface area contributed by atoms with Gasteiger partial charge in [0.15, 0.2) is 0 Å². The van der Waals surface area contributed by atoms with E-state index in [1.807, 2.05) is 6.07 Å². The molecule has 2 saturated carbocycles. The summed E-state index contributed by atoms with van der Waals surface area (Å²) < 4.78 is 19.5.